The molecular formula is C13H8BrN3O2. The fourth-order valence-corrected chi connectivity index (χ4v) is 1.99. The summed E-state index contributed by atoms with van der Waals surface area (Å²) in [6.45, 7) is 0. The monoisotopic (exact) mass is 317 g/mol. The first kappa shape index (κ1) is 11.9. The summed E-state index contributed by atoms with van der Waals surface area (Å²) in [6, 6.07) is 11.2. The number of aromatic amines is 1. The van der Waals surface area contributed by atoms with Crippen LogP contribution in [0.5, 0.6) is 0 Å². The fourth-order valence-electron chi connectivity index (χ4n) is 1.62. The van der Waals surface area contributed by atoms with Crippen molar-refractivity contribution in [2.24, 2.45) is 0 Å². The summed E-state index contributed by atoms with van der Waals surface area (Å²) in [5.74, 6) is 0.869. The van der Waals surface area contributed by atoms with E-state index in [1.807, 2.05) is 30.3 Å². The van der Waals surface area contributed by atoms with E-state index in [4.69, 9.17) is 4.52 Å². The third-order valence-electron chi connectivity index (χ3n) is 2.56. The van der Waals surface area contributed by atoms with E-state index < -0.39 is 0 Å². The highest BCUT2D eigenvalue weighted by Crippen LogP contribution is 2.22. The second kappa shape index (κ2) is 4.81. The molecule has 2 heterocycles. The normalized spacial score (nSPS) is 10.6. The van der Waals surface area contributed by atoms with Crippen molar-refractivity contribution in [1.82, 2.24) is 15.1 Å². The first-order chi connectivity index (χ1) is 9.24. The van der Waals surface area contributed by atoms with E-state index in [1.54, 1.807) is 6.07 Å². The molecule has 0 aliphatic heterocycles. The lowest BCUT2D eigenvalue weighted by molar-refractivity contribution is 0.432. The number of benzene rings is 1. The molecule has 0 aliphatic carbocycles. The van der Waals surface area contributed by atoms with Gasteiger partial charge in [0.25, 0.3) is 11.4 Å². The lowest BCUT2D eigenvalue weighted by Crippen LogP contribution is -2.05. The van der Waals surface area contributed by atoms with Crippen LogP contribution in [0.2, 0.25) is 0 Å². The molecule has 19 heavy (non-hydrogen) atoms. The largest absolute Gasteiger partial charge is 0.334 e. The Balaban J connectivity index is 2.01. The van der Waals surface area contributed by atoms with Crippen LogP contribution in [0, 0.1) is 0 Å². The van der Waals surface area contributed by atoms with Crippen LogP contribution < -0.4 is 5.56 Å². The molecule has 1 aromatic carbocycles. The van der Waals surface area contributed by atoms with E-state index >= 15 is 0 Å². The van der Waals surface area contributed by atoms with E-state index in [2.05, 4.69) is 31.1 Å². The summed E-state index contributed by atoms with van der Waals surface area (Å²) in [4.78, 5) is 18.1. The average molecular weight is 318 g/mol. The molecule has 0 radical (unpaired) electrons. The minimum atomic E-state index is -0.202. The number of H-pyrrole nitrogens is 1. The Hall–Kier alpha value is -2.21. The molecule has 0 bridgehead atoms. The van der Waals surface area contributed by atoms with Gasteiger partial charge in [-0.2, -0.15) is 4.98 Å². The highest BCUT2D eigenvalue weighted by Gasteiger charge is 2.11. The van der Waals surface area contributed by atoms with Gasteiger partial charge in [-0.3, -0.25) is 4.79 Å². The van der Waals surface area contributed by atoms with E-state index in [0.29, 0.717) is 21.8 Å². The molecule has 0 spiro atoms. The molecule has 0 atom stereocenters. The molecule has 6 heteroatoms. The van der Waals surface area contributed by atoms with Crippen molar-refractivity contribution < 1.29 is 4.52 Å². The summed E-state index contributed by atoms with van der Waals surface area (Å²) in [5.41, 5.74) is 1.33. The Morgan fingerprint density at radius 1 is 1.16 bits per heavy atom. The minimum Gasteiger partial charge on any atom is -0.334 e. The maximum absolute atomic E-state index is 11.3. The Kier molecular flexibility index (Phi) is 3.00. The van der Waals surface area contributed by atoms with Crippen molar-refractivity contribution in [1.29, 1.82) is 0 Å². The standard InChI is InChI=1S/C13H8BrN3O2/c14-10-6-9(7-15-12(10)18)13-16-11(17-19-13)8-4-2-1-3-5-8/h1-7H,(H,15,18). The van der Waals surface area contributed by atoms with Crippen molar-refractivity contribution in [3.63, 3.8) is 0 Å². The number of hydrogen-bond donors (Lipinski definition) is 1. The fraction of sp³-hybridized carbons (Fsp3) is 0. The van der Waals surface area contributed by atoms with Gasteiger partial charge in [0.15, 0.2) is 0 Å². The molecule has 0 saturated carbocycles. The van der Waals surface area contributed by atoms with Gasteiger partial charge < -0.3 is 9.51 Å². The molecule has 3 rings (SSSR count). The molecular weight excluding hydrogens is 310 g/mol. The Morgan fingerprint density at radius 2 is 1.95 bits per heavy atom. The van der Waals surface area contributed by atoms with Gasteiger partial charge in [0, 0.05) is 11.8 Å². The molecule has 94 valence electrons. The predicted molar refractivity (Wildman–Crippen MR) is 73.5 cm³/mol. The van der Waals surface area contributed by atoms with Crippen molar-refractivity contribution >= 4 is 15.9 Å². The third kappa shape index (κ3) is 2.34. The van der Waals surface area contributed by atoms with Gasteiger partial charge in [-0.15, -0.1) is 0 Å². The zero-order chi connectivity index (χ0) is 13.2. The van der Waals surface area contributed by atoms with Gasteiger partial charge in [-0.05, 0) is 22.0 Å². The number of aromatic nitrogens is 3. The SMILES string of the molecule is O=c1[nH]cc(-c2nc(-c3ccccc3)no2)cc1Br. The van der Waals surface area contributed by atoms with Gasteiger partial charge in [-0.1, -0.05) is 35.5 Å². The van der Waals surface area contributed by atoms with E-state index in [1.165, 1.54) is 6.20 Å². The van der Waals surface area contributed by atoms with Crippen molar-refractivity contribution in [3.8, 4) is 22.8 Å². The number of nitrogens with zero attached hydrogens (tertiary/aromatic N) is 2. The molecule has 0 aliphatic rings. The van der Waals surface area contributed by atoms with Gasteiger partial charge in [-0.25, -0.2) is 0 Å². The van der Waals surface area contributed by atoms with Gasteiger partial charge in [0.2, 0.25) is 5.82 Å². The zero-order valence-electron chi connectivity index (χ0n) is 9.63. The van der Waals surface area contributed by atoms with Crippen LogP contribution in [-0.4, -0.2) is 15.1 Å². The molecule has 0 amide bonds. The van der Waals surface area contributed by atoms with Crippen LogP contribution in [0.4, 0.5) is 0 Å². The average Bonchev–Trinajstić information content (AvgIpc) is 2.93. The Labute approximate surface area is 116 Å². The van der Waals surface area contributed by atoms with Crippen LogP contribution in [0.1, 0.15) is 0 Å². The van der Waals surface area contributed by atoms with Crippen molar-refractivity contribution in [2.75, 3.05) is 0 Å². The second-order valence-electron chi connectivity index (χ2n) is 3.85. The van der Waals surface area contributed by atoms with E-state index in [9.17, 15) is 4.79 Å². The number of nitrogens with one attached hydrogen (secondary N) is 1. The second-order valence-corrected chi connectivity index (χ2v) is 4.71. The maximum Gasteiger partial charge on any atom is 0.262 e. The van der Waals surface area contributed by atoms with Crippen molar-refractivity contribution in [2.45, 2.75) is 0 Å². The molecule has 3 aromatic rings. The molecule has 5 nitrogen and oxygen atoms in total. The van der Waals surface area contributed by atoms with Crippen molar-refractivity contribution in [3.05, 3.63) is 57.4 Å². The Bertz CT molecular complexity index is 765. The van der Waals surface area contributed by atoms with Gasteiger partial charge in [0.05, 0.1) is 10.0 Å². The molecule has 0 unspecified atom stereocenters. The molecule has 0 saturated heterocycles. The molecule has 2 aromatic heterocycles. The third-order valence-corrected chi connectivity index (χ3v) is 3.15. The summed E-state index contributed by atoms with van der Waals surface area (Å²) >= 11 is 3.16. The lowest BCUT2D eigenvalue weighted by atomic mass is 10.2. The first-order valence-electron chi connectivity index (χ1n) is 5.52. The van der Waals surface area contributed by atoms with E-state index in [-0.39, 0.29) is 5.56 Å². The van der Waals surface area contributed by atoms with Crippen LogP contribution in [-0.2, 0) is 0 Å². The minimum absolute atomic E-state index is 0.202. The van der Waals surface area contributed by atoms with Crippen LogP contribution in [0.25, 0.3) is 22.8 Å². The number of hydrogen-bond acceptors (Lipinski definition) is 4. The zero-order valence-corrected chi connectivity index (χ0v) is 11.2. The molecule has 0 fully saturated rings. The smallest absolute Gasteiger partial charge is 0.262 e. The Morgan fingerprint density at radius 3 is 2.68 bits per heavy atom. The first-order valence-corrected chi connectivity index (χ1v) is 6.31. The summed E-state index contributed by atoms with van der Waals surface area (Å²) in [5, 5.41) is 3.92. The van der Waals surface area contributed by atoms with Gasteiger partial charge >= 0.3 is 0 Å². The van der Waals surface area contributed by atoms with E-state index in [0.717, 1.165) is 5.56 Å². The quantitative estimate of drug-likeness (QED) is 0.788. The summed E-state index contributed by atoms with van der Waals surface area (Å²) < 4.78 is 5.62. The highest BCUT2D eigenvalue weighted by molar-refractivity contribution is 9.10. The predicted octanol–water partition coefficient (Wildman–Crippen LogP) is 2.85. The summed E-state index contributed by atoms with van der Waals surface area (Å²) in [7, 11) is 0. The summed E-state index contributed by atoms with van der Waals surface area (Å²) in [6.07, 6.45) is 1.54. The van der Waals surface area contributed by atoms with Gasteiger partial charge in [0.1, 0.15) is 0 Å². The topological polar surface area (TPSA) is 71.8 Å². The maximum atomic E-state index is 11.3. The van der Waals surface area contributed by atoms with Crippen LogP contribution in [0.15, 0.2) is 56.4 Å². The molecule has 1 N–H and O–H groups in total. The number of pyridine rings is 1. The van der Waals surface area contributed by atoms with Crippen LogP contribution in [0.3, 0.4) is 0 Å². The number of rotatable bonds is 2. The highest BCUT2D eigenvalue weighted by atomic mass is 79.9. The lowest BCUT2D eigenvalue weighted by Gasteiger charge is -1.94. The van der Waals surface area contributed by atoms with Crippen LogP contribution >= 0.6 is 15.9 Å². The number of halogens is 1.